The third kappa shape index (κ3) is 4.40. The Bertz CT molecular complexity index is 3020. The van der Waals surface area contributed by atoms with Gasteiger partial charge in [0.25, 0.3) is 0 Å². The molecule has 47 heavy (non-hydrogen) atoms. The first-order valence-corrected chi connectivity index (χ1v) is 15.4. The molecular weight excluding hydrogens is 571 g/mol. The van der Waals surface area contributed by atoms with Gasteiger partial charge in [0.1, 0.15) is 11.2 Å². The molecule has 0 amide bonds. The molecule has 0 atom stereocenters. The molecule has 0 fully saturated rings. The average Bonchev–Trinajstić information content (AvgIpc) is 3.74. The Morgan fingerprint density at radius 3 is 2.11 bits per heavy atom. The van der Waals surface area contributed by atoms with Gasteiger partial charge in [-0.3, -0.25) is 0 Å². The monoisotopic (exact) mass is 614 g/mol. The first-order valence-electron chi connectivity index (χ1n) is 20.9. The molecule has 1 aliphatic carbocycles. The SMILES string of the molecule is [2H]c1c([2H])c([2H])c(-c2c([2H])c([2H])c3oc4c([2H])c([2H])c([2H])c(N(c5ccc(-c6ccccc6)cc5)c5ccc6c(c5)C(C)(C)c5ccccc5-6)c4c3c2[2H])c([2H])c1[2H]. The van der Waals surface area contributed by atoms with Crippen LogP contribution < -0.4 is 4.90 Å². The molecule has 0 saturated heterocycles. The second-order valence-electron chi connectivity index (χ2n) is 12.1. The van der Waals surface area contributed by atoms with Crippen LogP contribution in [0.1, 0.15) is 40.1 Å². The van der Waals surface area contributed by atoms with Crippen LogP contribution in [0.15, 0.2) is 168 Å². The first kappa shape index (κ1) is 18.3. The van der Waals surface area contributed by atoms with Gasteiger partial charge in [0, 0.05) is 22.2 Å². The van der Waals surface area contributed by atoms with Crippen LogP contribution in [0.2, 0.25) is 0 Å². The van der Waals surface area contributed by atoms with E-state index in [9.17, 15) is 2.74 Å². The maximum Gasteiger partial charge on any atom is 0.137 e. The van der Waals surface area contributed by atoms with E-state index < -0.39 is 71.4 Å². The summed E-state index contributed by atoms with van der Waals surface area (Å²) >= 11 is 0. The highest BCUT2D eigenvalue weighted by atomic mass is 16.3. The van der Waals surface area contributed by atoms with Gasteiger partial charge in [-0.15, -0.1) is 0 Å². The minimum absolute atomic E-state index is 0.0447. The largest absolute Gasteiger partial charge is 0.456 e. The van der Waals surface area contributed by atoms with Crippen molar-refractivity contribution in [2.75, 3.05) is 4.90 Å². The van der Waals surface area contributed by atoms with E-state index in [0.29, 0.717) is 11.4 Å². The molecule has 9 rings (SSSR count). The standard InChI is InChI=1S/C45H33NO/c1-45(2)39-17-10-9-16-36(39)37-26-25-35(29-40(37)45)46(34-23-20-32(21-24-34)30-12-5-3-6-13-30)41-18-11-19-43-44(41)38-28-33(22-27-42(38)47-43)31-14-7-4-8-15-31/h3-29H,1-2H3/i4D,7D,8D,11D,14D,15D,18D,19D,22D,27D,28D. The van der Waals surface area contributed by atoms with Crippen LogP contribution >= 0.6 is 0 Å². The van der Waals surface area contributed by atoms with E-state index in [-0.39, 0.29) is 39.2 Å². The molecule has 0 N–H and O–H groups in total. The fraction of sp³-hybridized carbons (Fsp3) is 0.0667. The van der Waals surface area contributed by atoms with Crippen molar-refractivity contribution in [3.63, 3.8) is 0 Å². The molecule has 224 valence electrons. The summed E-state index contributed by atoms with van der Waals surface area (Å²) in [6.45, 7) is 4.30. The molecule has 0 bridgehead atoms. The van der Waals surface area contributed by atoms with E-state index in [4.69, 9.17) is 16.8 Å². The summed E-state index contributed by atoms with van der Waals surface area (Å²) in [7, 11) is 0. The Labute approximate surface area is 290 Å². The minimum atomic E-state index is -0.660. The van der Waals surface area contributed by atoms with Gasteiger partial charge < -0.3 is 9.32 Å². The predicted octanol–water partition coefficient (Wildman–Crippen LogP) is 12.7. The van der Waals surface area contributed by atoms with Crippen molar-refractivity contribution in [2.45, 2.75) is 19.3 Å². The van der Waals surface area contributed by atoms with Gasteiger partial charge in [-0.2, -0.15) is 0 Å². The number of anilines is 3. The summed E-state index contributed by atoms with van der Waals surface area (Å²) in [6, 6.07) is 25.6. The van der Waals surface area contributed by atoms with Gasteiger partial charge in [-0.25, -0.2) is 0 Å². The van der Waals surface area contributed by atoms with Gasteiger partial charge in [-0.1, -0.05) is 129 Å². The Hall–Kier alpha value is -5.86. The summed E-state index contributed by atoms with van der Waals surface area (Å²) in [6.07, 6.45) is 0. The lowest BCUT2D eigenvalue weighted by Gasteiger charge is -2.28. The second kappa shape index (κ2) is 10.6. The molecule has 8 aromatic rings. The molecule has 0 saturated carbocycles. The summed E-state index contributed by atoms with van der Waals surface area (Å²) < 4.78 is 104. The van der Waals surface area contributed by atoms with Crippen molar-refractivity contribution in [3.8, 4) is 33.4 Å². The van der Waals surface area contributed by atoms with Crippen LogP contribution in [0.3, 0.4) is 0 Å². The van der Waals surface area contributed by atoms with E-state index in [0.717, 1.165) is 33.4 Å². The van der Waals surface area contributed by atoms with Gasteiger partial charge in [0.15, 0.2) is 0 Å². The zero-order valence-electron chi connectivity index (χ0n) is 36.6. The molecule has 7 aromatic carbocycles. The maximum absolute atomic E-state index is 9.61. The van der Waals surface area contributed by atoms with Crippen molar-refractivity contribution in [1.29, 1.82) is 0 Å². The normalized spacial score (nSPS) is 16.3. The number of nitrogens with zero attached hydrogens (tertiary/aromatic N) is 1. The average molecular weight is 615 g/mol. The van der Waals surface area contributed by atoms with Gasteiger partial charge in [-0.05, 0) is 92.9 Å². The van der Waals surface area contributed by atoms with Crippen LogP contribution in [0.4, 0.5) is 17.1 Å². The summed E-state index contributed by atoms with van der Waals surface area (Å²) in [4.78, 5) is 1.78. The third-order valence-corrected chi connectivity index (χ3v) is 9.08. The Morgan fingerprint density at radius 2 is 1.28 bits per heavy atom. The number of hydrogen-bond acceptors (Lipinski definition) is 2. The molecule has 0 radical (unpaired) electrons. The van der Waals surface area contributed by atoms with Crippen LogP contribution in [0.5, 0.6) is 0 Å². The number of furan rings is 1. The molecular formula is C45H33NO. The highest BCUT2D eigenvalue weighted by Gasteiger charge is 2.36. The number of hydrogen-bond donors (Lipinski definition) is 0. The van der Waals surface area contributed by atoms with Gasteiger partial charge >= 0.3 is 0 Å². The van der Waals surface area contributed by atoms with Crippen LogP contribution in [0.25, 0.3) is 55.3 Å². The predicted molar refractivity (Wildman–Crippen MR) is 197 cm³/mol. The molecule has 0 unspecified atom stereocenters. The van der Waals surface area contributed by atoms with E-state index in [2.05, 4.69) is 26.0 Å². The zero-order chi connectivity index (χ0) is 41.1. The molecule has 0 aliphatic heterocycles. The third-order valence-electron chi connectivity index (χ3n) is 9.08. The van der Waals surface area contributed by atoms with Crippen molar-refractivity contribution in [3.05, 3.63) is 175 Å². The van der Waals surface area contributed by atoms with E-state index in [1.807, 2.05) is 84.9 Å². The summed E-state index contributed by atoms with van der Waals surface area (Å²) in [5, 5.41) is -0.0436. The highest BCUT2D eigenvalue weighted by molar-refractivity contribution is 6.14. The molecule has 2 heteroatoms. The molecule has 1 heterocycles. The smallest absolute Gasteiger partial charge is 0.137 e. The first-order chi connectivity index (χ1) is 27.6. The van der Waals surface area contributed by atoms with Crippen molar-refractivity contribution >= 4 is 39.0 Å². The fourth-order valence-electron chi connectivity index (χ4n) is 6.78. The lowest BCUT2D eigenvalue weighted by molar-refractivity contribution is 0.660. The van der Waals surface area contributed by atoms with Crippen LogP contribution in [-0.4, -0.2) is 0 Å². The van der Waals surface area contributed by atoms with E-state index in [1.54, 1.807) is 4.90 Å². The Balaban J connectivity index is 1.40. The van der Waals surface area contributed by atoms with E-state index >= 15 is 0 Å². The maximum atomic E-state index is 9.61. The van der Waals surface area contributed by atoms with Crippen molar-refractivity contribution in [1.82, 2.24) is 0 Å². The molecule has 1 aliphatic rings. The van der Waals surface area contributed by atoms with Crippen LogP contribution in [-0.2, 0) is 5.41 Å². The lowest BCUT2D eigenvalue weighted by Crippen LogP contribution is -2.16. The fourth-order valence-corrected chi connectivity index (χ4v) is 6.78. The molecule has 1 aromatic heterocycles. The van der Waals surface area contributed by atoms with Crippen molar-refractivity contribution in [2.24, 2.45) is 0 Å². The number of rotatable bonds is 5. The summed E-state index contributed by atoms with van der Waals surface area (Å²) in [5.41, 5.74) is 5.86. The minimum Gasteiger partial charge on any atom is -0.456 e. The Morgan fingerprint density at radius 1 is 0.553 bits per heavy atom. The molecule has 0 spiro atoms. The lowest BCUT2D eigenvalue weighted by atomic mass is 9.82. The number of benzene rings is 7. The molecule has 2 nitrogen and oxygen atoms in total. The quantitative estimate of drug-likeness (QED) is 0.192. The second-order valence-corrected chi connectivity index (χ2v) is 12.1. The van der Waals surface area contributed by atoms with Crippen LogP contribution in [0, 0.1) is 0 Å². The van der Waals surface area contributed by atoms with Gasteiger partial charge in [0.2, 0.25) is 0 Å². The highest BCUT2D eigenvalue weighted by Crippen LogP contribution is 2.51. The van der Waals surface area contributed by atoms with E-state index in [1.165, 1.54) is 0 Å². The van der Waals surface area contributed by atoms with Crippen molar-refractivity contribution < 1.29 is 19.5 Å². The topological polar surface area (TPSA) is 16.4 Å². The Kier molecular flexibility index (Phi) is 4.14. The zero-order valence-corrected chi connectivity index (χ0v) is 25.6. The van der Waals surface area contributed by atoms with Gasteiger partial charge in [0.05, 0.1) is 26.2 Å². The number of fused-ring (bicyclic) bond motifs is 6. The summed E-state index contributed by atoms with van der Waals surface area (Å²) in [5.74, 6) is 0.